The Bertz CT molecular complexity index is 971. The molecule has 3 aromatic rings. The fraction of sp³-hybridized carbons (Fsp3) is 0.167. The molecule has 0 atom stereocenters. The van der Waals surface area contributed by atoms with Gasteiger partial charge in [0.15, 0.2) is 5.69 Å². The van der Waals surface area contributed by atoms with Crippen molar-refractivity contribution < 1.29 is 9.53 Å². The lowest BCUT2D eigenvalue weighted by Crippen LogP contribution is -2.32. The molecule has 6 nitrogen and oxygen atoms in total. The van der Waals surface area contributed by atoms with Crippen LogP contribution in [-0.2, 0) is 0 Å². The predicted molar refractivity (Wildman–Crippen MR) is 96.3 cm³/mol. The number of fused-ring (bicyclic) bond motifs is 1. The topological polar surface area (TPSA) is 75.3 Å². The normalized spacial score (nSPS) is 10.6. The van der Waals surface area contributed by atoms with Gasteiger partial charge in [-0.25, -0.2) is 5.10 Å². The Morgan fingerprint density at radius 1 is 1.16 bits per heavy atom. The van der Waals surface area contributed by atoms with E-state index >= 15 is 0 Å². The fourth-order valence-corrected chi connectivity index (χ4v) is 2.60. The third-order valence-electron chi connectivity index (χ3n) is 3.77. The van der Waals surface area contributed by atoms with Crippen molar-refractivity contribution in [2.75, 3.05) is 20.2 Å². The molecule has 1 heterocycles. The average molecular weight is 358 g/mol. The number of H-pyrrole nitrogens is 1. The number of para-hydroxylation sites is 1. The molecule has 1 amide bonds. The Morgan fingerprint density at radius 3 is 2.60 bits per heavy atom. The maximum atomic E-state index is 12.6. The number of aromatic nitrogens is 2. The second kappa shape index (κ2) is 7.36. The maximum absolute atomic E-state index is 12.6. The van der Waals surface area contributed by atoms with Crippen LogP contribution in [0.15, 0.2) is 53.3 Å². The number of aromatic amines is 1. The molecule has 1 aromatic heterocycles. The number of rotatable bonds is 5. The van der Waals surface area contributed by atoms with Crippen molar-refractivity contribution in [2.45, 2.75) is 0 Å². The van der Waals surface area contributed by atoms with Crippen LogP contribution in [0.3, 0.4) is 0 Å². The van der Waals surface area contributed by atoms with E-state index in [1.807, 2.05) is 12.1 Å². The standard InChI is InChI=1S/C18H16ClN3O3/c1-22(10-11-25-15-9-5-4-8-14(15)19)18(24)16-12-6-2-3-7-13(12)17(23)21-20-16/h2-9H,10-11H2,1H3,(H,21,23). The third-order valence-corrected chi connectivity index (χ3v) is 4.08. The number of nitrogens with one attached hydrogen (secondary N) is 1. The fourth-order valence-electron chi connectivity index (χ4n) is 2.41. The van der Waals surface area contributed by atoms with Crippen LogP contribution >= 0.6 is 11.6 Å². The highest BCUT2D eigenvalue weighted by Gasteiger charge is 2.18. The van der Waals surface area contributed by atoms with Crippen molar-refractivity contribution in [1.82, 2.24) is 15.1 Å². The zero-order valence-electron chi connectivity index (χ0n) is 13.5. The van der Waals surface area contributed by atoms with Gasteiger partial charge in [-0.1, -0.05) is 41.9 Å². The Balaban J connectivity index is 1.72. The lowest BCUT2D eigenvalue weighted by Gasteiger charge is -2.18. The molecule has 0 bridgehead atoms. The van der Waals surface area contributed by atoms with Gasteiger partial charge in [0.05, 0.1) is 17.0 Å². The second-order valence-corrected chi connectivity index (χ2v) is 5.86. The van der Waals surface area contributed by atoms with E-state index in [-0.39, 0.29) is 23.8 Å². The molecule has 128 valence electrons. The molecule has 0 saturated carbocycles. The van der Waals surface area contributed by atoms with E-state index in [2.05, 4.69) is 10.2 Å². The van der Waals surface area contributed by atoms with E-state index in [1.165, 1.54) is 4.90 Å². The Hall–Kier alpha value is -2.86. The van der Waals surface area contributed by atoms with Crippen molar-refractivity contribution in [2.24, 2.45) is 0 Å². The van der Waals surface area contributed by atoms with E-state index in [0.717, 1.165) is 0 Å². The van der Waals surface area contributed by atoms with Crippen LogP contribution in [0.25, 0.3) is 10.8 Å². The van der Waals surface area contributed by atoms with Crippen LogP contribution in [0.1, 0.15) is 10.5 Å². The molecule has 3 rings (SSSR count). The van der Waals surface area contributed by atoms with Gasteiger partial charge in [-0.3, -0.25) is 9.59 Å². The first-order valence-corrected chi connectivity index (χ1v) is 8.06. The highest BCUT2D eigenvalue weighted by atomic mass is 35.5. The van der Waals surface area contributed by atoms with Gasteiger partial charge in [-0.2, -0.15) is 5.10 Å². The van der Waals surface area contributed by atoms with Gasteiger partial charge in [0.2, 0.25) is 0 Å². The lowest BCUT2D eigenvalue weighted by atomic mass is 10.1. The van der Waals surface area contributed by atoms with E-state index in [1.54, 1.807) is 43.4 Å². The summed E-state index contributed by atoms with van der Waals surface area (Å²) in [5.41, 5.74) is -0.118. The number of hydrogen-bond donors (Lipinski definition) is 1. The quantitative estimate of drug-likeness (QED) is 0.761. The Labute approximate surface area is 149 Å². The first kappa shape index (κ1) is 17.0. The first-order valence-electron chi connectivity index (χ1n) is 7.68. The summed E-state index contributed by atoms with van der Waals surface area (Å²) in [5, 5.41) is 7.76. The van der Waals surface area contributed by atoms with Crippen LogP contribution in [-0.4, -0.2) is 41.2 Å². The number of carbonyl (C=O) groups excluding carboxylic acids is 1. The smallest absolute Gasteiger partial charge is 0.274 e. The zero-order chi connectivity index (χ0) is 17.8. The summed E-state index contributed by atoms with van der Waals surface area (Å²) in [6, 6.07) is 14.0. The second-order valence-electron chi connectivity index (χ2n) is 5.45. The van der Waals surface area contributed by atoms with Crippen LogP contribution in [0.2, 0.25) is 5.02 Å². The summed E-state index contributed by atoms with van der Waals surface area (Å²) in [4.78, 5) is 25.9. The van der Waals surface area contributed by atoms with Crippen molar-refractivity contribution >= 4 is 28.3 Å². The number of halogens is 1. The van der Waals surface area contributed by atoms with Crippen molar-refractivity contribution in [3.63, 3.8) is 0 Å². The number of likely N-dealkylation sites (N-methyl/N-ethyl adjacent to an activating group) is 1. The van der Waals surface area contributed by atoms with E-state index in [0.29, 0.717) is 28.1 Å². The monoisotopic (exact) mass is 357 g/mol. The van der Waals surface area contributed by atoms with Gasteiger partial charge >= 0.3 is 0 Å². The molecule has 0 saturated heterocycles. The van der Waals surface area contributed by atoms with E-state index in [9.17, 15) is 9.59 Å². The summed E-state index contributed by atoms with van der Waals surface area (Å²) in [6.07, 6.45) is 0. The number of ether oxygens (including phenoxy) is 1. The molecule has 25 heavy (non-hydrogen) atoms. The number of amides is 1. The average Bonchev–Trinajstić information content (AvgIpc) is 2.63. The van der Waals surface area contributed by atoms with Gasteiger partial charge in [0.25, 0.3) is 11.5 Å². The summed E-state index contributed by atoms with van der Waals surface area (Å²) in [6.45, 7) is 0.631. The maximum Gasteiger partial charge on any atom is 0.274 e. The largest absolute Gasteiger partial charge is 0.490 e. The molecule has 0 fully saturated rings. The van der Waals surface area contributed by atoms with Crippen LogP contribution in [0, 0.1) is 0 Å². The van der Waals surface area contributed by atoms with E-state index < -0.39 is 0 Å². The molecule has 1 N–H and O–H groups in total. The minimum atomic E-state index is -0.322. The SMILES string of the molecule is CN(CCOc1ccccc1Cl)C(=O)c1n[nH]c(=O)c2ccccc12. The van der Waals surface area contributed by atoms with Crippen molar-refractivity contribution in [3.8, 4) is 5.75 Å². The summed E-state index contributed by atoms with van der Waals surface area (Å²) >= 11 is 6.03. The van der Waals surface area contributed by atoms with Crippen LogP contribution in [0.5, 0.6) is 5.75 Å². The number of hydrogen-bond acceptors (Lipinski definition) is 4. The predicted octanol–water partition coefficient (Wildman–Crippen LogP) is 2.73. The van der Waals surface area contributed by atoms with Gasteiger partial charge < -0.3 is 9.64 Å². The molecular formula is C18H16ClN3O3. The van der Waals surface area contributed by atoms with Gasteiger partial charge in [-0.05, 0) is 18.2 Å². The minimum absolute atomic E-state index is 0.204. The summed E-state index contributed by atoms with van der Waals surface area (Å²) in [5.74, 6) is 0.271. The molecule has 0 unspecified atom stereocenters. The van der Waals surface area contributed by atoms with Gasteiger partial charge in [-0.15, -0.1) is 0 Å². The summed E-state index contributed by atoms with van der Waals surface area (Å²) < 4.78 is 5.60. The highest BCUT2D eigenvalue weighted by Crippen LogP contribution is 2.23. The molecule has 2 aromatic carbocycles. The minimum Gasteiger partial charge on any atom is -0.490 e. The van der Waals surface area contributed by atoms with Crippen molar-refractivity contribution in [1.29, 1.82) is 0 Å². The molecule has 0 aliphatic rings. The third kappa shape index (κ3) is 3.64. The van der Waals surface area contributed by atoms with Gasteiger partial charge in [0, 0.05) is 12.4 Å². The molecule has 0 aliphatic heterocycles. The van der Waals surface area contributed by atoms with E-state index in [4.69, 9.17) is 16.3 Å². The van der Waals surface area contributed by atoms with Crippen LogP contribution < -0.4 is 10.3 Å². The van der Waals surface area contributed by atoms with Crippen LogP contribution in [0.4, 0.5) is 0 Å². The number of benzene rings is 2. The molecule has 7 heteroatoms. The Morgan fingerprint density at radius 2 is 1.84 bits per heavy atom. The molecule has 0 aliphatic carbocycles. The molecule has 0 radical (unpaired) electrons. The lowest BCUT2D eigenvalue weighted by molar-refractivity contribution is 0.0769. The molecule has 0 spiro atoms. The molecular weight excluding hydrogens is 342 g/mol. The zero-order valence-corrected chi connectivity index (χ0v) is 14.3. The van der Waals surface area contributed by atoms with Crippen molar-refractivity contribution in [3.05, 3.63) is 69.6 Å². The number of carbonyl (C=O) groups is 1. The van der Waals surface area contributed by atoms with Gasteiger partial charge in [0.1, 0.15) is 12.4 Å². The first-order chi connectivity index (χ1) is 12.1. The highest BCUT2D eigenvalue weighted by molar-refractivity contribution is 6.32. The Kier molecular flexibility index (Phi) is 5.00. The number of nitrogens with zero attached hydrogens (tertiary/aromatic N) is 2. The summed E-state index contributed by atoms with van der Waals surface area (Å²) in [7, 11) is 1.65.